The molecule has 1 unspecified atom stereocenters. The zero-order chi connectivity index (χ0) is 20.3. The molecule has 0 saturated carbocycles. The largest absolute Gasteiger partial charge is 0.481 e. The number of nitrogens with one attached hydrogen (secondary N) is 2. The van der Waals surface area contributed by atoms with Gasteiger partial charge in [0.1, 0.15) is 11.5 Å². The van der Waals surface area contributed by atoms with Gasteiger partial charge in [-0.25, -0.2) is 9.07 Å². The highest BCUT2D eigenvalue weighted by Gasteiger charge is 2.24. The number of hydrogen-bond donors (Lipinski definition) is 3. The normalized spacial score (nSPS) is 11.8. The van der Waals surface area contributed by atoms with Crippen LogP contribution in [0.5, 0.6) is 0 Å². The number of rotatable bonds is 6. The number of aromatic nitrogens is 2. The molecule has 1 atom stereocenters. The molecule has 1 amide bonds. The zero-order valence-corrected chi connectivity index (χ0v) is 15.1. The first-order valence-electron chi connectivity index (χ1n) is 8.21. The van der Waals surface area contributed by atoms with E-state index in [-0.39, 0.29) is 16.3 Å². The Balaban J connectivity index is 1.90. The minimum absolute atomic E-state index is 0.0620. The van der Waals surface area contributed by atoms with Gasteiger partial charge in [0.25, 0.3) is 11.5 Å². The quantitative estimate of drug-likeness (QED) is 0.588. The van der Waals surface area contributed by atoms with Crippen LogP contribution in [0.2, 0.25) is 5.02 Å². The maximum absolute atomic E-state index is 14.3. The number of hydrogen-bond acceptors (Lipinski definition) is 3. The van der Waals surface area contributed by atoms with Gasteiger partial charge in [-0.1, -0.05) is 41.9 Å². The first kappa shape index (κ1) is 19.4. The van der Waals surface area contributed by atoms with Crippen molar-refractivity contribution in [2.24, 2.45) is 0 Å². The fourth-order valence-electron chi connectivity index (χ4n) is 2.72. The molecular weight excluding hydrogens is 389 g/mol. The monoisotopic (exact) mass is 403 g/mol. The van der Waals surface area contributed by atoms with Crippen molar-refractivity contribution in [1.29, 1.82) is 0 Å². The van der Waals surface area contributed by atoms with Crippen LogP contribution in [-0.2, 0) is 4.79 Å². The summed E-state index contributed by atoms with van der Waals surface area (Å²) in [5.41, 5.74) is -0.102. The highest BCUT2D eigenvalue weighted by atomic mass is 35.5. The average molecular weight is 404 g/mol. The van der Waals surface area contributed by atoms with E-state index in [2.05, 4.69) is 10.4 Å². The highest BCUT2D eigenvalue weighted by Crippen LogP contribution is 2.25. The minimum atomic E-state index is -1.24. The van der Waals surface area contributed by atoms with Crippen LogP contribution in [0.4, 0.5) is 4.39 Å². The first-order valence-corrected chi connectivity index (χ1v) is 8.58. The van der Waals surface area contributed by atoms with Crippen molar-refractivity contribution in [1.82, 2.24) is 15.1 Å². The van der Waals surface area contributed by atoms with Crippen LogP contribution >= 0.6 is 11.6 Å². The lowest BCUT2D eigenvalue weighted by Crippen LogP contribution is -2.31. The Labute approximate surface area is 163 Å². The minimum Gasteiger partial charge on any atom is -0.481 e. The van der Waals surface area contributed by atoms with Gasteiger partial charge in [0, 0.05) is 11.6 Å². The summed E-state index contributed by atoms with van der Waals surface area (Å²) >= 11 is 5.75. The summed E-state index contributed by atoms with van der Waals surface area (Å²) in [5.74, 6) is -2.80. The standard InChI is InChI=1S/C19H15ClFN3O4/c20-13-8-4-7-12(18(13)21)14(10-17(26)27)22-19(28)15-9-16(25)24(23-15)11-5-2-1-3-6-11/h1-9,14,23H,10H2,(H,22,28)(H,26,27). The van der Waals surface area contributed by atoms with Crippen LogP contribution < -0.4 is 10.9 Å². The predicted molar refractivity (Wildman–Crippen MR) is 100 cm³/mol. The molecular formula is C19H15ClFN3O4. The SMILES string of the molecule is O=C(O)CC(NC(=O)c1cc(=O)n(-c2ccccc2)[nH]1)c1cccc(Cl)c1F. The van der Waals surface area contributed by atoms with Gasteiger partial charge in [-0.15, -0.1) is 0 Å². The van der Waals surface area contributed by atoms with Gasteiger partial charge < -0.3 is 10.4 Å². The summed E-state index contributed by atoms with van der Waals surface area (Å²) in [4.78, 5) is 35.9. The molecule has 0 aliphatic rings. The van der Waals surface area contributed by atoms with E-state index in [1.54, 1.807) is 30.3 Å². The number of H-pyrrole nitrogens is 1. The number of aromatic amines is 1. The van der Waals surface area contributed by atoms with E-state index in [9.17, 15) is 18.8 Å². The Hall–Kier alpha value is -3.39. The lowest BCUT2D eigenvalue weighted by molar-refractivity contribution is -0.137. The fraction of sp³-hybridized carbons (Fsp3) is 0.105. The van der Waals surface area contributed by atoms with E-state index in [1.807, 2.05) is 0 Å². The second-order valence-electron chi connectivity index (χ2n) is 5.95. The number of para-hydroxylation sites is 1. The van der Waals surface area contributed by atoms with E-state index < -0.39 is 35.7 Å². The molecule has 0 saturated heterocycles. The Morgan fingerprint density at radius 1 is 1.18 bits per heavy atom. The average Bonchev–Trinajstić information content (AvgIpc) is 3.06. The molecule has 9 heteroatoms. The third kappa shape index (κ3) is 4.12. The fourth-order valence-corrected chi connectivity index (χ4v) is 2.90. The van der Waals surface area contributed by atoms with Crippen molar-refractivity contribution < 1.29 is 19.1 Å². The third-order valence-electron chi connectivity index (χ3n) is 4.02. The maximum Gasteiger partial charge on any atom is 0.305 e. The third-order valence-corrected chi connectivity index (χ3v) is 4.31. The van der Waals surface area contributed by atoms with Crippen LogP contribution in [0, 0.1) is 5.82 Å². The van der Waals surface area contributed by atoms with Crippen LogP contribution in [0.25, 0.3) is 5.69 Å². The van der Waals surface area contributed by atoms with Gasteiger partial charge in [0.2, 0.25) is 0 Å². The number of carboxylic acids is 1. The van der Waals surface area contributed by atoms with Gasteiger partial charge in [0.05, 0.1) is 23.2 Å². The van der Waals surface area contributed by atoms with E-state index in [1.165, 1.54) is 22.9 Å². The highest BCUT2D eigenvalue weighted by molar-refractivity contribution is 6.30. The summed E-state index contributed by atoms with van der Waals surface area (Å²) in [7, 11) is 0. The number of nitrogens with zero attached hydrogens (tertiary/aromatic N) is 1. The zero-order valence-electron chi connectivity index (χ0n) is 14.4. The summed E-state index contributed by atoms with van der Waals surface area (Å²) in [6, 6.07) is 12.6. The van der Waals surface area contributed by atoms with Crippen LogP contribution in [0.3, 0.4) is 0 Å². The first-order chi connectivity index (χ1) is 13.4. The Bertz CT molecular complexity index is 1080. The molecule has 28 heavy (non-hydrogen) atoms. The van der Waals surface area contributed by atoms with Crippen molar-refractivity contribution in [3.05, 3.63) is 87.0 Å². The van der Waals surface area contributed by atoms with Gasteiger partial charge in [-0.3, -0.25) is 19.5 Å². The Morgan fingerprint density at radius 3 is 2.57 bits per heavy atom. The molecule has 0 aliphatic carbocycles. The molecule has 0 fully saturated rings. The molecule has 0 aliphatic heterocycles. The van der Waals surface area contributed by atoms with Crippen LogP contribution in [0.1, 0.15) is 28.5 Å². The Kier molecular flexibility index (Phi) is 5.60. The number of carbonyl (C=O) groups excluding carboxylic acids is 1. The number of aliphatic carboxylic acids is 1. The topological polar surface area (TPSA) is 104 Å². The van der Waals surface area contributed by atoms with Crippen molar-refractivity contribution in [3.63, 3.8) is 0 Å². The van der Waals surface area contributed by atoms with E-state index in [0.29, 0.717) is 5.69 Å². The molecule has 0 spiro atoms. The number of amides is 1. The van der Waals surface area contributed by atoms with Crippen molar-refractivity contribution in [2.75, 3.05) is 0 Å². The number of carbonyl (C=O) groups is 2. The van der Waals surface area contributed by atoms with Crippen LogP contribution in [-0.4, -0.2) is 26.8 Å². The summed E-state index contributed by atoms with van der Waals surface area (Å²) < 4.78 is 15.5. The van der Waals surface area contributed by atoms with E-state index in [0.717, 1.165) is 6.07 Å². The molecule has 0 bridgehead atoms. The number of carboxylic acid groups (broad SMARTS) is 1. The van der Waals surface area contributed by atoms with Crippen molar-refractivity contribution in [3.8, 4) is 5.69 Å². The molecule has 3 rings (SSSR count). The van der Waals surface area contributed by atoms with Crippen molar-refractivity contribution in [2.45, 2.75) is 12.5 Å². The second-order valence-corrected chi connectivity index (χ2v) is 6.35. The summed E-state index contributed by atoms with van der Waals surface area (Å²) in [6.07, 6.45) is -0.563. The summed E-state index contributed by atoms with van der Waals surface area (Å²) in [5, 5.41) is 14.0. The molecule has 7 nitrogen and oxygen atoms in total. The number of benzene rings is 2. The molecule has 3 N–H and O–H groups in total. The van der Waals surface area contributed by atoms with E-state index >= 15 is 0 Å². The summed E-state index contributed by atoms with van der Waals surface area (Å²) in [6.45, 7) is 0. The van der Waals surface area contributed by atoms with Gasteiger partial charge in [0.15, 0.2) is 0 Å². The smallest absolute Gasteiger partial charge is 0.305 e. The second kappa shape index (κ2) is 8.10. The maximum atomic E-state index is 14.3. The molecule has 2 aromatic carbocycles. The lowest BCUT2D eigenvalue weighted by atomic mass is 10.0. The van der Waals surface area contributed by atoms with Crippen molar-refractivity contribution >= 4 is 23.5 Å². The van der Waals surface area contributed by atoms with E-state index in [4.69, 9.17) is 16.7 Å². The number of halogens is 2. The molecule has 3 aromatic rings. The van der Waals surface area contributed by atoms with Crippen LogP contribution in [0.15, 0.2) is 59.4 Å². The molecule has 1 aromatic heterocycles. The molecule has 0 radical (unpaired) electrons. The van der Waals surface area contributed by atoms with Gasteiger partial charge in [-0.05, 0) is 18.2 Å². The lowest BCUT2D eigenvalue weighted by Gasteiger charge is -2.18. The molecule has 144 valence electrons. The predicted octanol–water partition coefficient (Wildman–Crippen LogP) is 2.90. The molecule has 1 heterocycles. The Morgan fingerprint density at radius 2 is 1.89 bits per heavy atom. The van der Waals surface area contributed by atoms with Gasteiger partial charge >= 0.3 is 5.97 Å². The van der Waals surface area contributed by atoms with Gasteiger partial charge in [-0.2, -0.15) is 0 Å².